The number of aryl methyl sites for hydroxylation is 1. The molecule has 2 aromatic carbocycles. The minimum absolute atomic E-state index is 0.00112. The Bertz CT molecular complexity index is 1750. The standard InChI is InChI=1S/C29H25ClF2N6O5/c1-16-12-26(39)38(23-13-17(30)2-4-21(23)31)37-27(16)28(40)34-19-3-5-24(22(32)14-19)43-20-6-9-33-25(15-20)36-29(41)35-18-7-10-42-11-8-18/h2-6,9,12-15,18H,7-8,10-11H2,1H3,(H,34,40)(H2,33,35,36,41). The number of aromatic nitrogens is 3. The van der Waals surface area contributed by atoms with Gasteiger partial charge in [0.1, 0.15) is 23.1 Å². The molecular weight excluding hydrogens is 586 g/mol. The fourth-order valence-corrected chi connectivity index (χ4v) is 4.46. The lowest BCUT2D eigenvalue weighted by Gasteiger charge is -2.23. The van der Waals surface area contributed by atoms with E-state index in [1.807, 2.05) is 0 Å². The van der Waals surface area contributed by atoms with Crippen LogP contribution in [-0.4, -0.2) is 46.0 Å². The Hall–Kier alpha value is -4.88. The number of benzene rings is 2. The van der Waals surface area contributed by atoms with Crippen LogP contribution in [0, 0.1) is 18.6 Å². The molecule has 11 nitrogen and oxygen atoms in total. The summed E-state index contributed by atoms with van der Waals surface area (Å²) in [4.78, 5) is 41.9. The zero-order valence-corrected chi connectivity index (χ0v) is 23.5. The second kappa shape index (κ2) is 13.0. The second-order valence-electron chi connectivity index (χ2n) is 9.59. The summed E-state index contributed by atoms with van der Waals surface area (Å²) >= 11 is 5.94. The maximum absolute atomic E-state index is 15.0. The Kier molecular flexibility index (Phi) is 8.93. The smallest absolute Gasteiger partial charge is 0.320 e. The van der Waals surface area contributed by atoms with Crippen molar-refractivity contribution in [2.75, 3.05) is 23.8 Å². The van der Waals surface area contributed by atoms with Crippen molar-refractivity contribution in [2.45, 2.75) is 25.8 Å². The van der Waals surface area contributed by atoms with Gasteiger partial charge >= 0.3 is 6.03 Å². The molecule has 0 unspecified atom stereocenters. The number of urea groups is 1. The molecule has 5 rings (SSSR count). The van der Waals surface area contributed by atoms with E-state index in [2.05, 4.69) is 26.0 Å². The number of halogens is 3. The molecule has 43 heavy (non-hydrogen) atoms. The summed E-state index contributed by atoms with van der Waals surface area (Å²) in [5.74, 6) is -2.05. The van der Waals surface area contributed by atoms with Crippen molar-refractivity contribution in [1.82, 2.24) is 20.1 Å². The Morgan fingerprint density at radius 3 is 2.58 bits per heavy atom. The van der Waals surface area contributed by atoms with Gasteiger partial charge in [0, 0.05) is 54.4 Å². The third-order valence-electron chi connectivity index (χ3n) is 6.42. The monoisotopic (exact) mass is 610 g/mol. The second-order valence-corrected chi connectivity index (χ2v) is 10.0. The molecule has 0 spiro atoms. The van der Waals surface area contributed by atoms with Gasteiger partial charge < -0.3 is 20.1 Å². The molecule has 1 saturated heterocycles. The lowest BCUT2D eigenvalue weighted by molar-refractivity contribution is 0.0806. The predicted molar refractivity (Wildman–Crippen MR) is 154 cm³/mol. The van der Waals surface area contributed by atoms with Gasteiger partial charge in [0.05, 0.1) is 0 Å². The lowest BCUT2D eigenvalue weighted by Crippen LogP contribution is -2.41. The SMILES string of the molecule is Cc1cc(=O)n(-c2cc(Cl)ccc2F)nc1C(=O)Nc1ccc(Oc2ccnc(NC(=O)NC3CCOCC3)c2)c(F)c1. The van der Waals surface area contributed by atoms with Crippen molar-refractivity contribution in [1.29, 1.82) is 0 Å². The molecule has 0 atom stereocenters. The van der Waals surface area contributed by atoms with Crippen LogP contribution in [0.3, 0.4) is 0 Å². The molecule has 222 valence electrons. The summed E-state index contributed by atoms with van der Waals surface area (Å²) in [6, 6.07) is 11.0. The van der Waals surface area contributed by atoms with Gasteiger partial charge in [-0.1, -0.05) is 11.6 Å². The van der Waals surface area contributed by atoms with Crippen LogP contribution in [0.25, 0.3) is 5.69 Å². The van der Waals surface area contributed by atoms with Crippen molar-refractivity contribution in [3.8, 4) is 17.2 Å². The van der Waals surface area contributed by atoms with Gasteiger partial charge in [-0.05, 0) is 61.7 Å². The van der Waals surface area contributed by atoms with Crippen LogP contribution in [0.15, 0.2) is 65.6 Å². The van der Waals surface area contributed by atoms with E-state index < -0.39 is 29.1 Å². The number of rotatable bonds is 7. The third-order valence-corrected chi connectivity index (χ3v) is 6.66. The number of hydrogen-bond acceptors (Lipinski definition) is 7. The summed E-state index contributed by atoms with van der Waals surface area (Å²) < 4.78 is 41.0. The van der Waals surface area contributed by atoms with Crippen LogP contribution in [0.5, 0.6) is 11.5 Å². The summed E-state index contributed by atoms with van der Waals surface area (Å²) in [7, 11) is 0. The van der Waals surface area contributed by atoms with Crippen molar-refractivity contribution < 1.29 is 27.8 Å². The van der Waals surface area contributed by atoms with Gasteiger partial charge in [-0.25, -0.2) is 18.6 Å². The van der Waals surface area contributed by atoms with Crippen LogP contribution < -0.4 is 26.2 Å². The molecule has 1 aliphatic heterocycles. The molecule has 0 saturated carbocycles. The van der Waals surface area contributed by atoms with Gasteiger partial charge in [-0.15, -0.1) is 0 Å². The van der Waals surface area contributed by atoms with Gasteiger partial charge in [0.2, 0.25) is 0 Å². The summed E-state index contributed by atoms with van der Waals surface area (Å²) in [5, 5.41) is 12.2. The molecule has 0 radical (unpaired) electrons. The largest absolute Gasteiger partial charge is 0.454 e. The Balaban J connectivity index is 1.26. The topological polar surface area (TPSA) is 136 Å². The zero-order valence-electron chi connectivity index (χ0n) is 22.7. The molecule has 14 heteroatoms. The Morgan fingerprint density at radius 2 is 1.81 bits per heavy atom. The number of carbonyl (C=O) groups excluding carboxylic acids is 2. The number of nitrogens with zero attached hydrogens (tertiary/aromatic N) is 3. The average Bonchev–Trinajstić information content (AvgIpc) is 2.96. The predicted octanol–water partition coefficient (Wildman–Crippen LogP) is 5.21. The highest BCUT2D eigenvalue weighted by molar-refractivity contribution is 6.30. The first-order chi connectivity index (χ1) is 20.7. The molecule has 0 aliphatic carbocycles. The van der Waals surface area contributed by atoms with Crippen molar-refractivity contribution in [3.63, 3.8) is 0 Å². The van der Waals surface area contributed by atoms with Crippen molar-refractivity contribution in [2.24, 2.45) is 0 Å². The summed E-state index contributed by atoms with van der Waals surface area (Å²) in [5.41, 5.74) is -0.780. The summed E-state index contributed by atoms with van der Waals surface area (Å²) in [6.07, 6.45) is 2.83. The molecule has 3 heterocycles. The fourth-order valence-electron chi connectivity index (χ4n) is 4.29. The first kappa shape index (κ1) is 29.6. The number of nitrogens with one attached hydrogen (secondary N) is 3. The van der Waals surface area contributed by atoms with Crippen LogP contribution in [0.2, 0.25) is 5.02 Å². The van der Waals surface area contributed by atoms with E-state index in [-0.39, 0.29) is 51.0 Å². The van der Waals surface area contributed by atoms with Gasteiger partial charge in [-0.2, -0.15) is 9.78 Å². The third kappa shape index (κ3) is 7.31. The molecule has 0 bridgehead atoms. The minimum atomic E-state index is -0.794. The zero-order chi connectivity index (χ0) is 30.5. The van der Waals surface area contributed by atoms with E-state index in [1.54, 1.807) is 0 Å². The van der Waals surface area contributed by atoms with Gasteiger partial charge in [0.25, 0.3) is 11.5 Å². The van der Waals surface area contributed by atoms with Crippen molar-refractivity contribution in [3.05, 3.63) is 99.1 Å². The molecule has 2 aromatic heterocycles. The normalized spacial score (nSPS) is 13.3. The average molecular weight is 611 g/mol. The van der Waals surface area contributed by atoms with Crippen LogP contribution in [0.1, 0.15) is 28.9 Å². The van der Waals surface area contributed by atoms with E-state index in [0.717, 1.165) is 22.9 Å². The molecule has 3 N–H and O–H groups in total. The van der Waals surface area contributed by atoms with Crippen LogP contribution in [-0.2, 0) is 4.74 Å². The van der Waals surface area contributed by atoms with E-state index in [0.29, 0.717) is 26.1 Å². The number of amides is 3. The van der Waals surface area contributed by atoms with E-state index in [9.17, 15) is 23.2 Å². The Morgan fingerprint density at radius 1 is 1.02 bits per heavy atom. The van der Waals surface area contributed by atoms with E-state index in [1.165, 1.54) is 49.5 Å². The highest BCUT2D eigenvalue weighted by atomic mass is 35.5. The molecule has 4 aromatic rings. The van der Waals surface area contributed by atoms with Gasteiger partial charge in [-0.3, -0.25) is 14.9 Å². The summed E-state index contributed by atoms with van der Waals surface area (Å²) in [6.45, 7) is 2.65. The first-order valence-electron chi connectivity index (χ1n) is 13.1. The highest BCUT2D eigenvalue weighted by Gasteiger charge is 2.19. The number of anilines is 2. The number of hydrogen-bond donors (Lipinski definition) is 3. The van der Waals surface area contributed by atoms with E-state index in [4.69, 9.17) is 21.1 Å². The maximum atomic E-state index is 15.0. The quantitative estimate of drug-likeness (QED) is 0.261. The molecule has 3 amide bonds. The van der Waals surface area contributed by atoms with Crippen LogP contribution >= 0.6 is 11.6 Å². The molecule has 1 aliphatic rings. The first-order valence-corrected chi connectivity index (χ1v) is 13.5. The van der Waals surface area contributed by atoms with E-state index >= 15 is 0 Å². The van der Waals surface area contributed by atoms with Gasteiger partial charge in [0.15, 0.2) is 17.3 Å². The fraction of sp³-hybridized carbons (Fsp3) is 0.207. The number of carbonyl (C=O) groups is 2. The number of pyridine rings is 1. The highest BCUT2D eigenvalue weighted by Crippen LogP contribution is 2.28. The number of ether oxygens (including phenoxy) is 2. The lowest BCUT2D eigenvalue weighted by atomic mass is 10.1. The van der Waals surface area contributed by atoms with Crippen molar-refractivity contribution >= 4 is 35.0 Å². The Labute approximate surface area is 248 Å². The molecular formula is C29H25ClF2N6O5. The van der Waals surface area contributed by atoms with Crippen LogP contribution in [0.4, 0.5) is 25.1 Å². The maximum Gasteiger partial charge on any atom is 0.320 e. The molecule has 1 fully saturated rings. The minimum Gasteiger partial charge on any atom is -0.454 e.